The molecule has 0 spiro atoms. The molecular weight excluding hydrogens is 421 g/mol. The molecule has 3 aromatic rings. The van der Waals surface area contributed by atoms with Gasteiger partial charge in [0.2, 0.25) is 5.91 Å². The molecule has 0 radical (unpaired) electrons. The van der Waals surface area contributed by atoms with E-state index in [2.05, 4.69) is 4.98 Å². The number of aromatic nitrogens is 2. The lowest BCUT2D eigenvalue weighted by molar-refractivity contribution is -0.144. The molecule has 0 aliphatic rings. The summed E-state index contributed by atoms with van der Waals surface area (Å²) in [5.74, 6) is -1.47. The van der Waals surface area contributed by atoms with Gasteiger partial charge in [-0.05, 0) is 24.3 Å². The number of carbonyl (C=O) groups excluding carboxylic acids is 2. The molecule has 2 N–H and O–H groups in total. The number of anilines is 2. The highest BCUT2D eigenvalue weighted by atomic mass is 32.1. The van der Waals surface area contributed by atoms with Crippen LogP contribution in [-0.2, 0) is 17.5 Å². The number of alkyl halides is 3. The van der Waals surface area contributed by atoms with Gasteiger partial charge in [0.05, 0.1) is 17.9 Å². The number of carbonyl (C=O) groups is 2. The van der Waals surface area contributed by atoms with Gasteiger partial charge in [-0.1, -0.05) is 18.2 Å². The first-order valence-corrected chi connectivity index (χ1v) is 9.38. The second-order valence-electron chi connectivity index (χ2n) is 6.20. The molecule has 0 unspecified atom stereocenters. The minimum atomic E-state index is -4.83. The highest BCUT2D eigenvalue weighted by Gasteiger charge is 2.35. The van der Waals surface area contributed by atoms with Crippen LogP contribution in [0, 0.1) is 0 Å². The third-order valence-corrected chi connectivity index (χ3v) is 4.99. The van der Waals surface area contributed by atoms with Crippen LogP contribution in [0.25, 0.3) is 0 Å². The fourth-order valence-electron chi connectivity index (χ4n) is 2.81. The van der Waals surface area contributed by atoms with Gasteiger partial charge in [0, 0.05) is 12.3 Å². The molecule has 2 aromatic heterocycles. The van der Waals surface area contributed by atoms with E-state index in [1.165, 1.54) is 17.2 Å². The Morgan fingerprint density at radius 2 is 1.83 bits per heavy atom. The van der Waals surface area contributed by atoms with Crippen molar-refractivity contribution in [2.24, 2.45) is 5.73 Å². The van der Waals surface area contributed by atoms with Gasteiger partial charge in [-0.3, -0.25) is 23.9 Å². The van der Waals surface area contributed by atoms with Gasteiger partial charge < -0.3 is 5.73 Å². The molecule has 0 bridgehead atoms. The van der Waals surface area contributed by atoms with Crippen LogP contribution in [0.1, 0.15) is 28.7 Å². The predicted molar refractivity (Wildman–Crippen MR) is 105 cm³/mol. The lowest BCUT2D eigenvalue weighted by atomic mass is 10.2. The van der Waals surface area contributed by atoms with Crippen molar-refractivity contribution in [3.05, 3.63) is 75.1 Å². The summed E-state index contributed by atoms with van der Waals surface area (Å²) in [6, 6.07) is 9.97. The number of nitrogens with zero attached hydrogens (tertiary/aromatic N) is 3. The number of rotatable bonds is 5. The fourth-order valence-corrected chi connectivity index (χ4v) is 3.69. The Hall–Kier alpha value is -3.47. The number of nitrogens with two attached hydrogens (primary N) is 1. The average molecular weight is 436 g/mol. The molecule has 0 fully saturated rings. The Bertz CT molecular complexity index is 1160. The normalized spacial score (nSPS) is 11.3. The van der Waals surface area contributed by atoms with E-state index in [1.54, 1.807) is 30.3 Å². The Labute approximate surface area is 172 Å². The van der Waals surface area contributed by atoms with Crippen LogP contribution < -0.4 is 16.2 Å². The third kappa shape index (κ3) is 4.25. The molecule has 0 atom stereocenters. The van der Waals surface area contributed by atoms with Crippen LogP contribution in [0.3, 0.4) is 0 Å². The van der Waals surface area contributed by atoms with Crippen LogP contribution in [0.15, 0.2) is 52.6 Å². The van der Waals surface area contributed by atoms with Crippen molar-refractivity contribution in [1.29, 1.82) is 0 Å². The maximum atomic E-state index is 13.4. The number of benzene rings is 1. The summed E-state index contributed by atoms with van der Waals surface area (Å²) in [6.07, 6.45) is -4.83. The molecule has 0 saturated carbocycles. The summed E-state index contributed by atoms with van der Waals surface area (Å²) in [7, 11) is 0. The first-order valence-electron chi connectivity index (χ1n) is 8.50. The summed E-state index contributed by atoms with van der Waals surface area (Å²) >= 11 is 1.04. The molecule has 3 rings (SSSR count). The first kappa shape index (κ1) is 21.2. The van der Waals surface area contributed by atoms with Crippen LogP contribution in [0.5, 0.6) is 0 Å². The van der Waals surface area contributed by atoms with Crippen LogP contribution >= 0.6 is 11.3 Å². The zero-order valence-electron chi connectivity index (χ0n) is 15.5. The minimum Gasteiger partial charge on any atom is -0.365 e. The van der Waals surface area contributed by atoms with E-state index >= 15 is 0 Å². The van der Waals surface area contributed by atoms with Crippen molar-refractivity contribution in [1.82, 2.24) is 9.55 Å². The minimum absolute atomic E-state index is 0.117. The summed E-state index contributed by atoms with van der Waals surface area (Å²) in [4.78, 5) is 41.4. The molecule has 0 saturated heterocycles. The SMILES string of the molecule is CC(=O)N(c1ccccc1)c1nc(Cn2c(C(F)(F)F)ccc(C(N)=O)c2=O)cs1. The number of hydrogen-bond donors (Lipinski definition) is 1. The molecule has 11 heteroatoms. The molecule has 30 heavy (non-hydrogen) atoms. The van der Waals surface area contributed by atoms with Crippen molar-refractivity contribution in [2.75, 3.05) is 4.90 Å². The molecule has 2 heterocycles. The van der Waals surface area contributed by atoms with Gasteiger partial charge in [0.1, 0.15) is 11.3 Å². The number of thiazole rings is 1. The third-order valence-electron chi connectivity index (χ3n) is 4.11. The van der Waals surface area contributed by atoms with Gasteiger partial charge >= 0.3 is 6.18 Å². The van der Waals surface area contributed by atoms with Gasteiger partial charge in [0.15, 0.2) is 5.13 Å². The second kappa shape index (κ2) is 8.11. The molecule has 2 amide bonds. The number of hydrogen-bond acceptors (Lipinski definition) is 5. The second-order valence-corrected chi connectivity index (χ2v) is 7.03. The van der Waals surface area contributed by atoms with Gasteiger partial charge in [0.25, 0.3) is 11.5 Å². The van der Waals surface area contributed by atoms with E-state index in [0.717, 1.165) is 17.4 Å². The summed E-state index contributed by atoms with van der Waals surface area (Å²) in [5.41, 5.74) is 2.77. The van der Waals surface area contributed by atoms with Gasteiger partial charge in [-0.2, -0.15) is 13.2 Å². The Kier molecular flexibility index (Phi) is 5.74. The van der Waals surface area contributed by atoms with E-state index in [-0.39, 0.29) is 16.7 Å². The number of amides is 2. The zero-order chi connectivity index (χ0) is 22.1. The van der Waals surface area contributed by atoms with Crippen molar-refractivity contribution in [3.8, 4) is 0 Å². The summed E-state index contributed by atoms with van der Waals surface area (Å²) in [6.45, 7) is 0.780. The van der Waals surface area contributed by atoms with Crippen molar-refractivity contribution in [3.63, 3.8) is 0 Å². The lowest BCUT2D eigenvalue weighted by Crippen LogP contribution is -2.34. The molecule has 0 aliphatic carbocycles. The topological polar surface area (TPSA) is 98.3 Å². The predicted octanol–water partition coefficient (Wildman–Crippen LogP) is 3.16. The highest BCUT2D eigenvalue weighted by molar-refractivity contribution is 7.14. The maximum absolute atomic E-state index is 13.4. The summed E-state index contributed by atoms with van der Waals surface area (Å²) < 4.78 is 40.5. The first-order chi connectivity index (χ1) is 14.1. The zero-order valence-corrected chi connectivity index (χ0v) is 16.3. The monoisotopic (exact) mass is 436 g/mol. The number of para-hydroxylation sites is 1. The Morgan fingerprint density at radius 1 is 1.17 bits per heavy atom. The van der Waals surface area contributed by atoms with Crippen molar-refractivity contribution >= 4 is 34.0 Å². The van der Waals surface area contributed by atoms with Crippen LogP contribution in [-0.4, -0.2) is 21.4 Å². The van der Waals surface area contributed by atoms with Gasteiger partial charge in [-0.15, -0.1) is 11.3 Å². The average Bonchev–Trinajstić information content (AvgIpc) is 3.10. The number of primary amides is 1. The lowest BCUT2D eigenvalue weighted by Gasteiger charge is -2.18. The Balaban J connectivity index is 2.04. The highest BCUT2D eigenvalue weighted by Crippen LogP contribution is 2.31. The van der Waals surface area contributed by atoms with Crippen LogP contribution in [0.4, 0.5) is 24.0 Å². The van der Waals surface area contributed by atoms with Gasteiger partial charge in [-0.25, -0.2) is 4.98 Å². The van der Waals surface area contributed by atoms with E-state index in [1.807, 2.05) is 0 Å². The largest absolute Gasteiger partial charge is 0.431 e. The smallest absolute Gasteiger partial charge is 0.365 e. The maximum Gasteiger partial charge on any atom is 0.431 e. The van der Waals surface area contributed by atoms with E-state index in [0.29, 0.717) is 16.3 Å². The molecule has 156 valence electrons. The molecule has 1 aromatic carbocycles. The molecule has 0 aliphatic heterocycles. The van der Waals surface area contributed by atoms with Crippen LogP contribution in [0.2, 0.25) is 0 Å². The number of pyridine rings is 1. The van der Waals surface area contributed by atoms with Crippen molar-refractivity contribution < 1.29 is 22.8 Å². The Morgan fingerprint density at radius 3 is 2.40 bits per heavy atom. The van der Waals surface area contributed by atoms with E-state index in [9.17, 15) is 27.6 Å². The number of halogens is 3. The molecule has 7 nitrogen and oxygen atoms in total. The quantitative estimate of drug-likeness (QED) is 0.664. The fraction of sp³-hybridized carbons (Fsp3) is 0.158. The molecular formula is C19H15F3N4O3S. The van der Waals surface area contributed by atoms with E-state index < -0.39 is 35.4 Å². The summed E-state index contributed by atoms with van der Waals surface area (Å²) in [5, 5.41) is 1.67. The standard InChI is InChI=1S/C19H15F3N4O3S/c1-11(27)26(13-5-3-2-4-6-13)18-24-12(10-30-18)9-25-15(19(20,21)22)8-7-14(16(23)28)17(25)29/h2-8,10H,9H2,1H3,(H2,23,28). The van der Waals surface area contributed by atoms with E-state index in [4.69, 9.17) is 5.73 Å². The van der Waals surface area contributed by atoms with Crippen molar-refractivity contribution in [2.45, 2.75) is 19.6 Å².